The number of hydrogen-bond acceptors (Lipinski definition) is 4. The molecule has 2 aromatic heterocycles. The smallest absolute Gasteiger partial charge is 0.261 e. The summed E-state index contributed by atoms with van der Waals surface area (Å²) in [5.74, 6) is 0. The number of hydrogen-bond donors (Lipinski definition) is 0. The summed E-state index contributed by atoms with van der Waals surface area (Å²) in [7, 11) is -2.44. The Bertz CT molecular complexity index is 1150. The van der Waals surface area contributed by atoms with Gasteiger partial charge in [0.25, 0.3) is 8.32 Å². The molecule has 2 heterocycles. The number of rotatable bonds is 10. The van der Waals surface area contributed by atoms with Gasteiger partial charge in [0.1, 0.15) is 11.8 Å². The molecule has 0 fully saturated rings. The number of aromatic nitrogens is 4. The molecule has 0 spiro atoms. The second kappa shape index (κ2) is 10.8. The van der Waals surface area contributed by atoms with Gasteiger partial charge in [-0.2, -0.15) is 0 Å². The number of fused-ring (bicyclic) bond motifs is 1. The average molecular weight is 493 g/mol. The Kier molecular flexibility index (Phi) is 7.81. The number of imidazole rings is 1. The van der Waals surface area contributed by atoms with Gasteiger partial charge in [-0.1, -0.05) is 106 Å². The van der Waals surface area contributed by atoms with Crippen molar-refractivity contribution < 1.29 is 4.43 Å². The van der Waals surface area contributed by atoms with Crippen molar-refractivity contribution in [3.05, 3.63) is 78.5 Å². The lowest BCUT2D eigenvalue weighted by atomic mass is 10.2. The van der Waals surface area contributed by atoms with Crippen molar-refractivity contribution in [1.82, 2.24) is 19.5 Å². The summed E-state index contributed by atoms with van der Waals surface area (Å²) < 4.78 is 9.04. The van der Waals surface area contributed by atoms with E-state index in [0.717, 1.165) is 44.5 Å². The first-order chi connectivity index (χ1) is 16.4. The van der Waals surface area contributed by atoms with E-state index in [2.05, 4.69) is 101 Å². The molecule has 0 bridgehead atoms. The van der Waals surface area contributed by atoms with E-state index in [9.17, 15) is 0 Å². The van der Waals surface area contributed by atoms with Crippen molar-refractivity contribution in [1.29, 1.82) is 0 Å². The van der Waals surface area contributed by atoms with Gasteiger partial charge in [-0.15, -0.1) is 0 Å². The molecule has 0 saturated heterocycles. The number of aryl methyl sites for hydroxylation is 1. The molecule has 0 aliphatic heterocycles. The van der Waals surface area contributed by atoms with E-state index in [1.54, 1.807) is 6.33 Å². The highest BCUT2D eigenvalue weighted by Crippen LogP contribution is 2.36. The molecule has 0 unspecified atom stereocenters. The molecule has 4 aromatic rings. The molecule has 0 N–H and O–H groups in total. The maximum atomic E-state index is 6.98. The normalized spacial score (nSPS) is 12.4. The second-order valence-electron chi connectivity index (χ2n) is 9.70. The van der Waals surface area contributed by atoms with Crippen LogP contribution in [0.25, 0.3) is 11.2 Å². The van der Waals surface area contributed by atoms with Gasteiger partial charge in [-0.3, -0.25) is 0 Å². The third kappa shape index (κ3) is 5.09. The fourth-order valence-electron chi connectivity index (χ4n) is 4.74. The van der Waals surface area contributed by atoms with Gasteiger partial charge in [0.2, 0.25) is 0 Å². The van der Waals surface area contributed by atoms with Gasteiger partial charge in [0.15, 0.2) is 10.8 Å². The lowest BCUT2D eigenvalue weighted by Gasteiger charge is -2.43. The van der Waals surface area contributed by atoms with Gasteiger partial charge >= 0.3 is 0 Å². The van der Waals surface area contributed by atoms with Crippen molar-refractivity contribution >= 4 is 41.5 Å². The Labute approximate surface area is 208 Å². The first-order valence-electron chi connectivity index (χ1n) is 12.0. The number of halogens is 1. The molecular formula is C27H33ClN4OSi. The summed E-state index contributed by atoms with van der Waals surface area (Å²) in [6.45, 7) is 8.61. The molecule has 5 nitrogen and oxygen atoms in total. The fraction of sp³-hybridized carbons (Fsp3) is 0.370. The van der Waals surface area contributed by atoms with Crippen LogP contribution in [0.5, 0.6) is 0 Å². The summed E-state index contributed by atoms with van der Waals surface area (Å²) in [6, 6.07) is 21.7. The van der Waals surface area contributed by atoms with E-state index in [-0.39, 0.29) is 5.04 Å². The molecule has 178 valence electrons. The lowest BCUT2D eigenvalue weighted by Crippen LogP contribution is -2.66. The summed E-state index contributed by atoms with van der Waals surface area (Å²) in [5, 5.41) is 3.09. The van der Waals surface area contributed by atoms with Gasteiger partial charge in [0.05, 0.1) is 6.33 Å². The summed E-state index contributed by atoms with van der Waals surface area (Å²) in [5.41, 5.74) is 1.47. The van der Waals surface area contributed by atoms with Crippen molar-refractivity contribution in [3.63, 3.8) is 0 Å². The Hall–Kier alpha value is -2.54. The van der Waals surface area contributed by atoms with Crippen molar-refractivity contribution in [2.24, 2.45) is 0 Å². The molecule has 4 rings (SSSR count). The fourth-order valence-corrected chi connectivity index (χ4v) is 9.52. The molecular weight excluding hydrogens is 460 g/mol. The molecule has 0 aliphatic rings. The molecule has 34 heavy (non-hydrogen) atoms. The van der Waals surface area contributed by atoms with E-state index < -0.39 is 8.32 Å². The number of benzene rings is 2. The maximum Gasteiger partial charge on any atom is 0.261 e. The minimum atomic E-state index is -2.44. The quantitative estimate of drug-likeness (QED) is 0.164. The van der Waals surface area contributed by atoms with E-state index >= 15 is 0 Å². The molecule has 0 atom stereocenters. The monoisotopic (exact) mass is 492 g/mol. The van der Waals surface area contributed by atoms with Gasteiger partial charge in [-0.25, -0.2) is 15.0 Å². The van der Waals surface area contributed by atoms with Crippen molar-refractivity contribution in [3.8, 4) is 0 Å². The van der Waals surface area contributed by atoms with Gasteiger partial charge in [-0.05, 0) is 28.3 Å². The van der Waals surface area contributed by atoms with Gasteiger partial charge in [0, 0.05) is 13.2 Å². The number of nitrogens with zero attached hydrogens (tertiary/aromatic N) is 4. The van der Waals surface area contributed by atoms with E-state index in [4.69, 9.17) is 16.0 Å². The van der Waals surface area contributed by atoms with Crippen LogP contribution in [-0.2, 0) is 11.0 Å². The van der Waals surface area contributed by atoms with Crippen LogP contribution < -0.4 is 10.4 Å². The topological polar surface area (TPSA) is 52.8 Å². The van der Waals surface area contributed by atoms with Crippen LogP contribution in [0.3, 0.4) is 0 Å². The van der Waals surface area contributed by atoms with Crippen LogP contribution in [0.1, 0.15) is 46.5 Å². The summed E-state index contributed by atoms with van der Waals surface area (Å²) in [4.78, 5) is 12.7. The van der Waals surface area contributed by atoms with Crippen molar-refractivity contribution in [2.75, 3.05) is 6.61 Å². The molecule has 2 aromatic carbocycles. The first-order valence-corrected chi connectivity index (χ1v) is 14.3. The van der Waals surface area contributed by atoms with Crippen LogP contribution in [0.2, 0.25) is 10.2 Å². The Morgan fingerprint density at radius 2 is 1.44 bits per heavy atom. The Balaban J connectivity index is 1.37. The van der Waals surface area contributed by atoms with Crippen molar-refractivity contribution in [2.45, 2.75) is 58.0 Å². The minimum Gasteiger partial charge on any atom is -0.407 e. The van der Waals surface area contributed by atoms with Gasteiger partial charge < -0.3 is 8.99 Å². The zero-order valence-electron chi connectivity index (χ0n) is 20.2. The van der Waals surface area contributed by atoms with E-state index in [1.165, 1.54) is 16.7 Å². The maximum absolute atomic E-state index is 6.98. The third-order valence-corrected chi connectivity index (χ3v) is 11.7. The second-order valence-corrected chi connectivity index (χ2v) is 14.4. The largest absolute Gasteiger partial charge is 0.407 e. The van der Waals surface area contributed by atoms with E-state index in [0.29, 0.717) is 10.7 Å². The Morgan fingerprint density at radius 3 is 2.06 bits per heavy atom. The SMILES string of the molecule is CC(C)(C)[Si](OCCCCCCn1cnc2c(Cl)ncnc21)(c1ccccc1)c1ccccc1. The van der Waals surface area contributed by atoms with E-state index in [1.807, 2.05) is 0 Å². The highest BCUT2D eigenvalue weighted by molar-refractivity contribution is 6.99. The molecule has 0 amide bonds. The molecule has 7 heteroatoms. The predicted octanol–water partition coefficient (Wildman–Crippen LogP) is 5.62. The van der Waals surface area contributed by atoms with Crippen LogP contribution in [0.15, 0.2) is 73.3 Å². The summed E-state index contributed by atoms with van der Waals surface area (Å²) in [6.07, 6.45) is 7.65. The van der Waals surface area contributed by atoms with Crippen LogP contribution in [0.4, 0.5) is 0 Å². The highest BCUT2D eigenvalue weighted by Gasteiger charge is 2.49. The van der Waals surface area contributed by atoms with Crippen LogP contribution >= 0.6 is 11.6 Å². The molecule has 0 radical (unpaired) electrons. The Morgan fingerprint density at radius 1 is 0.824 bits per heavy atom. The van der Waals surface area contributed by atoms with Crippen LogP contribution in [-0.4, -0.2) is 34.4 Å². The minimum absolute atomic E-state index is 0.0152. The lowest BCUT2D eigenvalue weighted by molar-refractivity contribution is 0.286. The molecule has 0 saturated carbocycles. The standard InChI is InChI=1S/C27H33ClN4OSi/c1-27(2,3)34(22-14-8-6-9-15-22,23-16-10-7-11-17-23)33-19-13-5-4-12-18-32-21-31-24-25(28)29-20-30-26(24)32/h6-11,14-17,20-21H,4-5,12-13,18-19H2,1-3H3. The zero-order valence-corrected chi connectivity index (χ0v) is 22.0. The van der Waals surface area contributed by atoms with Crippen LogP contribution in [0, 0.1) is 0 Å². The zero-order chi connectivity index (χ0) is 24.0. The number of unbranched alkanes of at least 4 members (excludes halogenated alkanes) is 3. The predicted molar refractivity (Wildman–Crippen MR) is 142 cm³/mol. The average Bonchev–Trinajstić information content (AvgIpc) is 3.26. The third-order valence-electron chi connectivity index (χ3n) is 6.39. The summed E-state index contributed by atoms with van der Waals surface area (Å²) >= 11 is 6.11. The highest BCUT2D eigenvalue weighted by atomic mass is 35.5. The first kappa shape index (κ1) is 24.6. The molecule has 0 aliphatic carbocycles.